The summed E-state index contributed by atoms with van der Waals surface area (Å²) in [6.07, 6.45) is 12.8. The van der Waals surface area contributed by atoms with Gasteiger partial charge < -0.3 is 0 Å². The maximum absolute atomic E-state index is 4.21. The molecule has 0 saturated carbocycles. The molecule has 0 amide bonds. The van der Waals surface area contributed by atoms with E-state index in [9.17, 15) is 0 Å². The number of hydrogen-bond donors (Lipinski definition) is 1. The van der Waals surface area contributed by atoms with Crippen molar-refractivity contribution in [2.45, 2.75) is 59.8 Å². The van der Waals surface area contributed by atoms with Gasteiger partial charge in [0, 0.05) is 0 Å². The zero-order valence-electron chi connectivity index (χ0n) is 11.9. The molecule has 0 fully saturated rings. The standard InChI is InChI=1S/C16H28S/c1-14(2)8-5-9-15(3)10-6-11-16(4)12-7-13-17/h8,10,12,17H,5-7,9,11,13H2,1-4H3/b15-10+,16-12+. The molecule has 0 heterocycles. The van der Waals surface area contributed by atoms with Crippen LogP contribution in [0.4, 0.5) is 0 Å². The van der Waals surface area contributed by atoms with Crippen LogP contribution in [0.15, 0.2) is 34.9 Å². The van der Waals surface area contributed by atoms with Crippen molar-refractivity contribution in [3.05, 3.63) is 34.9 Å². The van der Waals surface area contributed by atoms with Crippen molar-refractivity contribution >= 4 is 12.6 Å². The maximum Gasteiger partial charge on any atom is -0.00632 e. The van der Waals surface area contributed by atoms with Crippen LogP contribution >= 0.6 is 12.6 Å². The largest absolute Gasteiger partial charge is 0.179 e. The Morgan fingerprint density at radius 1 is 0.765 bits per heavy atom. The Morgan fingerprint density at radius 3 is 1.71 bits per heavy atom. The summed E-state index contributed by atoms with van der Waals surface area (Å²) in [4.78, 5) is 0. The summed E-state index contributed by atoms with van der Waals surface area (Å²) in [5.41, 5.74) is 4.43. The Hall–Kier alpha value is -0.430. The van der Waals surface area contributed by atoms with Crippen molar-refractivity contribution in [3.8, 4) is 0 Å². The van der Waals surface area contributed by atoms with Gasteiger partial charge in [-0.3, -0.25) is 0 Å². The van der Waals surface area contributed by atoms with Crippen molar-refractivity contribution in [2.75, 3.05) is 5.75 Å². The molecule has 0 bridgehead atoms. The first kappa shape index (κ1) is 16.6. The predicted octanol–water partition coefficient (Wildman–Crippen LogP) is 5.73. The van der Waals surface area contributed by atoms with E-state index in [0.717, 1.165) is 12.2 Å². The second kappa shape index (κ2) is 10.7. The molecule has 0 aliphatic heterocycles. The Labute approximate surface area is 113 Å². The fourth-order valence-electron chi connectivity index (χ4n) is 1.65. The first-order chi connectivity index (χ1) is 8.06. The summed E-state index contributed by atoms with van der Waals surface area (Å²) in [5.74, 6) is 0.953. The molecule has 0 aromatic heterocycles. The van der Waals surface area contributed by atoms with Crippen LogP contribution in [0, 0.1) is 0 Å². The monoisotopic (exact) mass is 252 g/mol. The molecule has 0 rings (SSSR count). The highest BCUT2D eigenvalue weighted by atomic mass is 32.1. The summed E-state index contributed by atoms with van der Waals surface area (Å²) in [5, 5.41) is 0. The van der Waals surface area contributed by atoms with E-state index in [0.29, 0.717) is 0 Å². The van der Waals surface area contributed by atoms with Crippen LogP contribution in [-0.2, 0) is 0 Å². The molecule has 1 heteroatoms. The molecule has 0 atom stereocenters. The van der Waals surface area contributed by atoms with E-state index in [2.05, 4.69) is 58.6 Å². The van der Waals surface area contributed by atoms with Crippen molar-refractivity contribution < 1.29 is 0 Å². The molecule has 0 unspecified atom stereocenters. The Bertz CT molecular complexity index is 278. The highest BCUT2D eigenvalue weighted by Crippen LogP contribution is 2.11. The van der Waals surface area contributed by atoms with Crippen LogP contribution in [0.3, 0.4) is 0 Å². The molecule has 98 valence electrons. The van der Waals surface area contributed by atoms with Crippen molar-refractivity contribution in [1.29, 1.82) is 0 Å². The van der Waals surface area contributed by atoms with E-state index in [-0.39, 0.29) is 0 Å². The fraction of sp³-hybridized carbons (Fsp3) is 0.625. The van der Waals surface area contributed by atoms with Gasteiger partial charge in [-0.05, 0) is 65.6 Å². The summed E-state index contributed by atoms with van der Waals surface area (Å²) in [6, 6.07) is 0. The average Bonchev–Trinajstić information content (AvgIpc) is 2.25. The van der Waals surface area contributed by atoms with E-state index in [1.54, 1.807) is 0 Å². The quantitative estimate of drug-likeness (QED) is 0.414. The van der Waals surface area contributed by atoms with Gasteiger partial charge in [-0.1, -0.05) is 34.9 Å². The van der Waals surface area contributed by atoms with Crippen molar-refractivity contribution in [2.24, 2.45) is 0 Å². The van der Waals surface area contributed by atoms with Gasteiger partial charge in [0.25, 0.3) is 0 Å². The molecule has 0 radical (unpaired) electrons. The minimum absolute atomic E-state index is 0.953. The average molecular weight is 252 g/mol. The normalized spacial score (nSPS) is 12.8. The van der Waals surface area contributed by atoms with E-state index in [1.165, 1.54) is 42.4 Å². The van der Waals surface area contributed by atoms with Crippen molar-refractivity contribution in [3.63, 3.8) is 0 Å². The second-order valence-corrected chi connectivity index (χ2v) is 5.42. The molecule has 0 aromatic carbocycles. The topological polar surface area (TPSA) is 0 Å². The highest BCUT2D eigenvalue weighted by Gasteiger charge is 1.91. The Balaban J connectivity index is 3.80. The number of thiol groups is 1. The van der Waals surface area contributed by atoms with Crippen LogP contribution < -0.4 is 0 Å². The molecular weight excluding hydrogens is 224 g/mol. The first-order valence-corrected chi connectivity index (χ1v) is 7.25. The third-order valence-corrected chi connectivity index (χ3v) is 3.00. The second-order valence-electron chi connectivity index (χ2n) is 4.97. The van der Waals surface area contributed by atoms with Crippen LogP contribution in [0.2, 0.25) is 0 Å². The molecular formula is C16H28S. The van der Waals surface area contributed by atoms with Gasteiger partial charge in [-0.25, -0.2) is 0 Å². The number of rotatable bonds is 8. The fourth-order valence-corrected chi connectivity index (χ4v) is 1.78. The van der Waals surface area contributed by atoms with E-state index in [4.69, 9.17) is 0 Å². The van der Waals surface area contributed by atoms with Crippen LogP contribution in [0.5, 0.6) is 0 Å². The first-order valence-electron chi connectivity index (χ1n) is 6.61. The molecule has 17 heavy (non-hydrogen) atoms. The molecule has 0 nitrogen and oxygen atoms in total. The van der Waals surface area contributed by atoms with Gasteiger partial charge in [0.2, 0.25) is 0 Å². The van der Waals surface area contributed by atoms with Crippen LogP contribution in [0.1, 0.15) is 59.8 Å². The van der Waals surface area contributed by atoms with Gasteiger partial charge in [-0.2, -0.15) is 12.6 Å². The van der Waals surface area contributed by atoms with E-state index in [1.807, 2.05) is 0 Å². The molecule has 0 saturated heterocycles. The highest BCUT2D eigenvalue weighted by molar-refractivity contribution is 7.80. The van der Waals surface area contributed by atoms with E-state index < -0.39 is 0 Å². The molecule has 0 aliphatic carbocycles. The summed E-state index contributed by atoms with van der Waals surface area (Å²) in [6.45, 7) is 8.78. The van der Waals surface area contributed by atoms with Crippen molar-refractivity contribution in [1.82, 2.24) is 0 Å². The molecule has 0 N–H and O–H groups in total. The van der Waals surface area contributed by atoms with Gasteiger partial charge in [0.1, 0.15) is 0 Å². The van der Waals surface area contributed by atoms with Gasteiger partial charge in [-0.15, -0.1) is 0 Å². The lowest BCUT2D eigenvalue weighted by molar-refractivity contribution is 0.913. The smallest absolute Gasteiger partial charge is 0.00632 e. The lowest BCUT2D eigenvalue weighted by Crippen LogP contribution is -1.81. The predicted molar refractivity (Wildman–Crippen MR) is 83.9 cm³/mol. The minimum atomic E-state index is 0.953. The SMILES string of the molecule is CC(C)=CCC/C(C)=C/CC/C(C)=C/CCS. The number of allylic oxidation sites excluding steroid dienone is 6. The van der Waals surface area contributed by atoms with Crippen LogP contribution in [0.25, 0.3) is 0 Å². The van der Waals surface area contributed by atoms with Gasteiger partial charge >= 0.3 is 0 Å². The zero-order chi connectivity index (χ0) is 13.1. The van der Waals surface area contributed by atoms with Gasteiger partial charge in [0.15, 0.2) is 0 Å². The van der Waals surface area contributed by atoms with Gasteiger partial charge in [0.05, 0.1) is 0 Å². The summed E-state index contributed by atoms with van der Waals surface area (Å²) in [7, 11) is 0. The lowest BCUT2D eigenvalue weighted by atomic mass is 10.1. The summed E-state index contributed by atoms with van der Waals surface area (Å²) >= 11 is 4.21. The lowest BCUT2D eigenvalue weighted by Gasteiger charge is -2.01. The maximum atomic E-state index is 4.21. The minimum Gasteiger partial charge on any atom is -0.179 e. The van der Waals surface area contributed by atoms with Crippen LogP contribution in [-0.4, -0.2) is 5.75 Å². The summed E-state index contributed by atoms with van der Waals surface area (Å²) < 4.78 is 0. The molecule has 0 spiro atoms. The third-order valence-electron chi connectivity index (χ3n) is 2.74. The molecule has 0 aliphatic rings. The van der Waals surface area contributed by atoms with E-state index >= 15 is 0 Å². The zero-order valence-corrected chi connectivity index (χ0v) is 12.8. The number of hydrogen-bond acceptors (Lipinski definition) is 1. The Kier molecular flexibility index (Phi) is 10.4. The Morgan fingerprint density at radius 2 is 1.24 bits per heavy atom. The third kappa shape index (κ3) is 11.8. The molecule has 0 aromatic rings.